The Morgan fingerprint density at radius 2 is 1.80 bits per heavy atom. The molecule has 0 atom stereocenters. The fourth-order valence-corrected chi connectivity index (χ4v) is 2.98. The van der Waals surface area contributed by atoms with Gasteiger partial charge in [-0.15, -0.1) is 0 Å². The highest BCUT2D eigenvalue weighted by Crippen LogP contribution is 2.31. The molecule has 2 saturated carbocycles. The van der Waals surface area contributed by atoms with Gasteiger partial charge in [-0.2, -0.15) is 0 Å². The average molecular weight is 282 g/mol. The van der Waals surface area contributed by atoms with Gasteiger partial charge in [-0.25, -0.2) is 9.59 Å². The third-order valence-corrected chi connectivity index (χ3v) is 4.56. The van der Waals surface area contributed by atoms with E-state index in [0.717, 1.165) is 32.2 Å². The third kappa shape index (κ3) is 3.64. The highest BCUT2D eigenvalue weighted by molar-refractivity contribution is 5.86. The van der Waals surface area contributed by atoms with Gasteiger partial charge in [-0.3, -0.25) is 0 Å². The standard InChI is InChI=1S/C15H26N2O3/c1-2-17(11-12-7-8-12)14(20)16-15(13(18)19)9-5-3-4-6-10-15/h12H,2-11H2,1H3,(H,16,20)(H,18,19). The quantitative estimate of drug-likeness (QED) is 0.761. The van der Waals surface area contributed by atoms with E-state index < -0.39 is 11.5 Å². The molecule has 20 heavy (non-hydrogen) atoms. The van der Waals surface area contributed by atoms with E-state index in [4.69, 9.17) is 0 Å². The van der Waals surface area contributed by atoms with Crippen molar-refractivity contribution >= 4 is 12.0 Å². The molecule has 0 heterocycles. The van der Waals surface area contributed by atoms with Gasteiger partial charge >= 0.3 is 12.0 Å². The number of rotatable bonds is 5. The Balaban J connectivity index is 2.01. The molecule has 0 spiro atoms. The molecule has 5 heteroatoms. The molecule has 0 unspecified atom stereocenters. The SMILES string of the molecule is CCN(CC1CC1)C(=O)NC1(C(=O)O)CCCCCC1. The Morgan fingerprint density at radius 3 is 2.25 bits per heavy atom. The van der Waals surface area contributed by atoms with Crippen LogP contribution in [0.15, 0.2) is 0 Å². The zero-order valence-corrected chi connectivity index (χ0v) is 12.4. The molecule has 0 bridgehead atoms. The van der Waals surface area contributed by atoms with Crippen molar-refractivity contribution in [1.82, 2.24) is 10.2 Å². The van der Waals surface area contributed by atoms with Crippen LogP contribution >= 0.6 is 0 Å². The van der Waals surface area contributed by atoms with E-state index in [9.17, 15) is 14.7 Å². The lowest BCUT2D eigenvalue weighted by Gasteiger charge is -2.32. The van der Waals surface area contributed by atoms with Crippen molar-refractivity contribution in [3.8, 4) is 0 Å². The van der Waals surface area contributed by atoms with Crippen molar-refractivity contribution in [3.63, 3.8) is 0 Å². The molecule has 2 aliphatic carbocycles. The van der Waals surface area contributed by atoms with Gasteiger partial charge in [0.05, 0.1) is 0 Å². The van der Waals surface area contributed by atoms with Crippen LogP contribution in [0.1, 0.15) is 58.3 Å². The Labute approximate surface area is 120 Å². The van der Waals surface area contributed by atoms with E-state index in [0.29, 0.717) is 25.3 Å². The molecular formula is C15H26N2O3. The molecule has 0 aromatic heterocycles. The number of amides is 2. The van der Waals surface area contributed by atoms with Crippen molar-refractivity contribution < 1.29 is 14.7 Å². The summed E-state index contributed by atoms with van der Waals surface area (Å²) in [6.07, 6.45) is 7.35. The molecule has 2 rings (SSSR count). The molecule has 0 aromatic carbocycles. The minimum Gasteiger partial charge on any atom is -0.480 e. The number of hydrogen-bond donors (Lipinski definition) is 2. The Kier molecular flexibility index (Phi) is 4.89. The topological polar surface area (TPSA) is 69.6 Å². The van der Waals surface area contributed by atoms with E-state index in [1.54, 1.807) is 4.90 Å². The molecule has 0 radical (unpaired) electrons. The number of carbonyl (C=O) groups excluding carboxylic acids is 1. The lowest BCUT2D eigenvalue weighted by Crippen LogP contribution is -2.57. The van der Waals surface area contributed by atoms with Crippen molar-refractivity contribution in [2.24, 2.45) is 5.92 Å². The number of carbonyl (C=O) groups is 2. The summed E-state index contributed by atoms with van der Waals surface area (Å²) in [5.41, 5.74) is -1.05. The number of aliphatic carboxylic acids is 1. The van der Waals surface area contributed by atoms with Gasteiger partial charge in [0.2, 0.25) is 0 Å². The molecule has 2 N–H and O–H groups in total. The fourth-order valence-electron chi connectivity index (χ4n) is 2.98. The summed E-state index contributed by atoms with van der Waals surface area (Å²) in [5, 5.41) is 12.4. The number of nitrogens with one attached hydrogen (secondary N) is 1. The summed E-state index contributed by atoms with van der Waals surface area (Å²) in [5.74, 6) is -0.258. The number of nitrogens with zero attached hydrogens (tertiary/aromatic N) is 1. The lowest BCUT2D eigenvalue weighted by molar-refractivity contribution is -0.145. The molecule has 2 fully saturated rings. The molecule has 2 aliphatic rings. The van der Waals surface area contributed by atoms with Crippen LogP contribution in [-0.4, -0.2) is 40.6 Å². The summed E-state index contributed by atoms with van der Waals surface area (Å²) in [4.78, 5) is 25.8. The second kappa shape index (κ2) is 6.46. The Bertz CT molecular complexity index is 358. The van der Waals surface area contributed by atoms with E-state index in [1.165, 1.54) is 12.8 Å². The molecule has 114 valence electrons. The second-order valence-electron chi connectivity index (χ2n) is 6.21. The molecule has 0 saturated heterocycles. The third-order valence-electron chi connectivity index (χ3n) is 4.56. The number of urea groups is 1. The summed E-state index contributed by atoms with van der Waals surface area (Å²) < 4.78 is 0. The van der Waals surface area contributed by atoms with Crippen LogP contribution in [0, 0.1) is 5.92 Å². The van der Waals surface area contributed by atoms with Gasteiger partial charge in [-0.05, 0) is 38.5 Å². The van der Waals surface area contributed by atoms with Gasteiger partial charge in [-0.1, -0.05) is 25.7 Å². The highest BCUT2D eigenvalue weighted by Gasteiger charge is 2.41. The maximum absolute atomic E-state index is 12.4. The molecule has 0 aliphatic heterocycles. The first-order valence-corrected chi connectivity index (χ1v) is 7.88. The predicted molar refractivity (Wildman–Crippen MR) is 76.6 cm³/mol. The van der Waals surface area contributed by atoms with Crippen LogP contribution in [0.4, 0.5) is 4.79 Å². The monoisotopic (exact) mass is 282 g/mol. The summed E-state index contributed by atoms with van der Waals surface area (Å²) in [7, 11) is 0. The largest absolute Gasteiger partial charge is 0.480 e. The van der Waals surface area contributed by atoms with Crippen LogP contribution in [0.25, 0.3) is 0 Å². The van der Waals surface area contributed by atoms with E-state index in [-0.39, 0.29) is 6.03 Å². The molecule has 5 nitrogen and oxygen atoms in total. The minimum absolute atomic E-state index is 0.205. The maximum atomic E-state index is 12.4. The van der Waals surface area contributed by atoms with Crippen LogP contribution in [-0.2, 0) is 4.79 Å². The van der Waals surface area contributed by atoms with E-state index in [1.807, 2.05) is 6.92 Å². The van der Waals surface area contributed by atoms with Crippen LogP contribution in [0.5, 0.6) is 0 Å². The van der Waals surface area contributed by atoms with E-state index in [2.05, 4.69) is 5.32 Å². The fraction of sp³-hybridized carbons (Fsp3) is 0.867. The van der Waals surface area contributed by atoms with Crippen LogP contribution in [0.2, 0.25) is 0 Å². The van der Waals surface area contributed by atoms with Gasteiger partial charge < -0.3 is 15.3 Å². The number of carboxylic acids is 1. The first kappa shape index (κ1) is 15.1. The first-order valence-electron chi connectivity index (χ1n) is 7.88. The molecule has 0 aromatic rings. The summed E-state index contributed by atoms with van der Waals surface area (Å²) in [6.45, 7) is 3.35. The van der Waals surface area contributed by atoms with Gasteiger partial charge in [0.25, 0.3) is 0 Å². The van der Waals surface area contributed by atoms with Crippen LogP contribution < -0.4 is 5.32 Å². The van der Waals surface area contributed by atoms with E-state index >= 15 is 0 Å². The molecule has 2 amide bonds. The van der Waals surface area contributed by atoms with Crippen molar-refractivity contribution in [2.75, 3.05) is 13.1 Å². The summed E-state index contributed by atoms with van der Waals surface area (Å²) >= 11 is 0. The van der Waals surface area contributed by atoms with Crippen molar-refractivity contribution in [3.05, 3.63) is 0 Å². The van der Waals surface area contributed by atoms with Crippen LogP contribution in [0.3, 0.4) is 0 Å². The molecular weight excluding hydrogens is 256 g/mol. The average Bonchev–Trinajstić information content (AvgIpc) is 3.23. The van der Waals surface area contributed by atoms with Gasteiger partial charge in [0.15, 0.2) is 0 Å². The maximum Gasteiger partial charge on any atom is 0.329 e. The Hall–Kier alpha value is -1.26. The van der Waals surface area contributed by atoms with Gasteiger partial charge in [0.1, 0.15) is 5.54 Å². The zero-order chi connectivity index (χ0) is 14.6. The summed E-state index contributed by atoms with van der Waals surface area (Å²) in [6, 6.07) is -0.205. The smallest absolute Gasteiger partial charge is 0.329 e. The minimum atomic E-state index is -1.05. The zero-order valence-electron chi connectivity index (χ0n) is 12.4. The first-order chi connectivity index (χ1) is 9.57. The second-order valence-corrected chi connectivity index (χ2v) is 6.21. The normalized spacial score (nSPS) is 21.9. The number of hydrogen-bond acceptors (Lipinski definition) is 2. The van der Waals surface area contributed by atoms with Crippen molar-refractivity contribution in [2.45, 2.75) is 63.8 Å². The predicted octanol–water partition coefficient (Wildman–Crippen LogP) is 2.61. The van der Waals surface area contributed by atoms with Gasteiger partial charge in [0, 0.05) is 13.1 Å². The number of carboxylic acid groups (broad SMARTS) is 1. The lowest BCUT2D eigenvalue weighted by atomic mass is 9.90. The highest BCUT2D eigenvalue weighted by atomic mass is 16.4. The Morgan fingerprint density at radius 1 is 1.20 bits per heavy atom. The van der Waals surface area contributed by atoms with Crippen molar-refractivity contribution in [1.29, 1.82) is 0 Å².